The molecule has 0 atom stereocenters. The molecule has 0 unspecified atom stereocenters. The number of nitrogens with zero attached hydrogens (tertiary/aromatic N) is 5. The van der Waals surface area contributed by atoms with Crippen molar-refractivity contribution < 1.29 is 14.3 Å². The number of pyridine rings is 1. The van der Waals surface area contributed by atoms with Crippen LogP contribution in [0.2, 0.25) is 10.0 Å². The second-order valence-electron chi connectivity index (χ2n) is 9.82. The van der Waals surface area contributed by atoms with Crippen molar-refractivity contribution in [3.05, 3.63) is 50.4 Å². The summed E-state index contributed by atoms with van der Waals surface area (Å²) in [7, 11) is 4.62. The summed E-state index contributed by atoms with van der Waals surface area (Å²) >= 11 is 13.3. The van der Waals surface area contributed by atoms with Gasteiger partial charge in [0.15, 0.2) is 0 Å². The highest BCUT2D eigenvalue weighted by Gasteiger charge is 2.32. The fourth-order valence-electron chi connectivity index (χ4n) is 4.60. The molecule has 216 valence electrons. The molecule has 1 aromatic carbocycles. The van der Waals surface area contributed by atoms with E-state index in [0.29, 0.717) is 48.1 Å². The minimum Gasteiger partial charge on any atom is -0.495 e. The number of likely N-dealkylation sites (tertiary alicyclic amines) is 1. The first kappa shape index (κ1) is 30.1. The van der Waals surface area contributed by atoms with E-state index in [1.807, 2.05) is 19.9 Å². The number of rotatable bonds is 10. The van der Waals surface area contributed by atoms with Gasteiger partial charge in [-0.15, -0.1) is 0 Å². The largest absolute Gasteiger partial charge is 0.495 e. The molecule has 0 aliphatic carbocycles. The zero-order valence-electron chi connectivity index (χ0n) is 23.4. The van der Waals surface area contributed by atoms with Crippen LogP contribution in [0.5, 0.6) is 11.5 Å². The van der Waals surface area contributed by atoms with Crippen LogP contribution in [-0.4, -0.2) is 72.3 Å². The van der Waals surface area contributed by atoms with Crippen molar-refractivity contribution in [3.63, 3.8) is 0 Å². The second-order valence-corrected chi connectivity index (χ2v) is 10.6. The number of nitrogens with one attached hydrogen (secondary N) is 2. The highest BCUT2D eigenvalue weighted by atomic mass is 35.5. The van der Waals surface area contributed by atoms with E-state index in [9.17, 15) is 14.9 Å². The third kappa shape index (κ3) is 6.10. The lowest BCUT2D eigenvalue weighted by molar-refractivity contribution is -0.131. The van der Waals surface area contributed by atoms with E-state index in [4.69, 9.17) is 32.7 Å². The lowest BCUT2D eigenvalue weighted by Gasteiger charge is -2.39. The highest BCUT2D eigenvalue weighted by molar-refractivity contribution is 6.41. The van der Waals surface area contributed by atoms with Gasteiger partial charge < -0.3 is 25.0 Å². The van der Waals surface area contributed by atoms with Crippen LogP contribution in [0.15, 0.2) is 34.8 Å². The molecule has 0 saturated carbocycles. The lowest BCUT2D eigenvalue weighted by Crippen LogP contribution is -2.60. The molecule has 1 saturated heterocycles. The number of anilines is 1. The molecule has 0 spiro atoms. The second kappa shape index (κ2) is 12.8. The van der Waals surface area contributed by atoms with Gasteiger partial charge in [0.25, 0.3) is 11.5 Å². The maximum absolute atomic E-state index is 13.9. The topological polar surface area (TPSA) is 134 Å². The van der Waals surface area contributed by atoms with Crippen LogP contribution in [-0.2, 0) is 11.3 Å². The summed E-state index contributed by atoms with van der Waals surface area (Å²) in [5, 5.41) is 16.6. The van der Waals surface area contributed by atoms with Gasteiger partial charge in [-0.1, -0.05) is 43.1 Å². The van der Waals surface area contributed by atoms with E-state index in [-0.39, 0.29) is 56.7 Å². The van der Waals surface area contributed by atoms with E-state index < -0.39 is 0 Å². The number of methoxy groups -OCH3 is 2. The van der Waals surface area contributed by atoms with Crippen LogP contribution in [0, 0.1) is 17.2 Å². The lowest BCUT2D eigenvalue weighted by atomic mass is 10.0. The molecule has 0 bridgehead atoms. The van der Waals surface area contributed by atoms with Crippen LogP contribution >= 0.6 is 23.2 Å². The molecular weight excluding hydrogens is 569 g/mol. The van der Waals surface area contributed by atoms with E-state index in [1.165, 1.54) is 14.2 Å². The average Bonchev–Trinajstić information content (AvgIpc) is 2.93. The number of halogens is 2. The smallest absolute Gasteiger partial charge is 0.264 e. The van der Waals surface area contributed by atoms with Gasteiger partial charge in [-0.3, -0.25) is 14.2 Å². The van der Waals surface area contributed by atoms with Crippen LogP contribution in [0.25, 0.3) is 22.2 Å². The number of benzene rings is 1. The van der Waals surface area contributed by atoms with Gasteiger partial charge in [0.2, 0.25) is 5.95 Å². The summed E-state index contributed by atoms with van der Waals surface area (Å²) < 4.78 is 12.3. The van der Waals surface area contributed by atoms with Crippen LogP contribution in [0.1, 0.15) is 13.8 Å². The summed E-state index contributed by atoms with van der Waals surface area (Å²) in [6.45, 7) is 5.45. The molecule has 41 heavy (non-hydrogen) atoms. The Kier molecular flexibility index (Phi) is 9.38. The van der Waals surface area contributed by atoms with Crippen molar-refractivity contribution in [2.75, 3.05) is 46.2 Å². The van der Waals surface area contributed by atoms with Crippen molar-refractivity contribution in [3.8, 4) is 28.7 Å². The Bertz CT molecular complexity index is 1580. The molecule has 3 heterocycles. The van der Waals surface area contributed by atoms with Crippen LogP contribution in [0.4, 0.5) is 5.95 Å². The Morgan fingerprint density at radius 3 is 2.44 bits per heavy atom. The first-order chi connectivity index (χ1) is 19.6. The number of hydrogen-bond donors (Lipinski definition) is 2. The van der Waals surface area contributed by atoms with Gasteiger partial charge in [-0.05, 0) is 12.0 Å². The monoisotopic (exact) mass is 599 g/mol. The zero-order chi connectivity index (χ0) is 29.8. The first-order valence-electron chi connectivity index (χ1n) is 13.0. The van der Waals surface area contributed by atoms with Crippen LogP contribution in [0.3, 0.4) is 0 Å². The number of carbonyl (C=O) groups is 1. The standard InChI is InChI=1S/C28H31Cl2N7O4/c1-15(2)8-16(11-31)26(38)36-13-18(14-36)33-6-7-37-25-17(12-34-28(32-3)35-25)9-19(27(37)39)22-23(29)20(40-4)10-21(41-5)24(22)30/h8-10,12,15,18,33H,6-7,13-14H2,1-5H3,(H,32,34,35)/b16-8-. The van der Waals surface area contributed by atoms with Crippen molar-refractivity contribution in [2.24, 2.45) is 5.92 Å². The predicted molar refractivity (Wildman–Crippen MR) is 159 cm³/mol. The van der Waals surface area contributed by atoms with Gasteiger partial charge in [0.1, 0.15) is 28.8 Å². The Hall–Kier alpha value is -3.85. The molecule has 1 aliphatic heterocycles. The molecule has 1 amide bonds. The molecule has 3 aromatic rings. The summed E-state index contributed by atoms with van der Waals surface area (Å²) in [6, 6.07) is 5.23. The molecule has 2 N–H and O–H groups in total. The van der Waals surface area contributed by atoms with E-state index in [2.05, 4.69) is 20.6 Å². The van der Waals surface area contributed by atoms with Gasteiger partial charge in [-0.25, -0.2) is 4.98 Å². The maximum atomic E-state index is 13.9. The van der Waals surface area contributed by atoms with E-state index >= 15 is 0 Å². The fourth-order valence-corrected chi connectivity index (χ4v) is 5.31. The third-order valence-corrected chi connectivity index (χ3v) is 7.43. The Balaban J connectivity index is 1.63. The number of aromatic nitrogens is 3. The van der Waals surface area contributed by atoms with Gasteiger partial charge in [0, 0.05) is 62.5 Å². The number of amides is 1. The molecule has 11 nitrogen and oxygen atoms in total. The molecule has 13 heteroatoms. The van der Waals surface area contributed by atoms with Gasteiger partial charge >= 0.3 is 0 Å². The average molecular weight is 601 g/mol. The molecule has 1 aliphatic rings. The minimum absolute atomic E-state index is 0.0251. The normalized spacial score (nSPS) is 13.7. The van der Waals surface area contributed by atoms with Gasteiger partial charge in [-0.2, -0.15) is 10.2 Å². The Morgan fingerprint density at radius 2 is 1.88 bits per heavy atom. The molecule has 4 rings (SSSR count). The molecule has 2 aromatic heterocycles. The van der Waals surface area contributed by atoms with Gasteiger partial charge in [0.05, 0.1) is 29.8 Å². The number of ether oxygens (including phenoxy) is 2. The van der Waals surface area contributed by atoms with E-state index in [1.54, 1.807) is 40.9 Å². The number of carbonyl (C=O) groups excluding carboxylic acids is 1. The Labute approximate surface area is 247 Å². The SMILES string of the molecule is CNc1ncc2cc(-c3c(Cl)c(OC)cc(OC)c3Cl)c(=O)n(CCNC3CN(C(=O)/C(C#N)=C\C(C)C)C3)c2n1. The quantitative estimate of drug-likeness (QED) is 0.264. The first-order valence-corrected chi connectivity index (χ1v) is 13.7. The van der Waals surface area contributed by atoms with Crippen molar-refractivity contribution in [1.82, 2.24) is 24.8 Å². The molecule has 0 radical (unpaired) electrons. The summed E-state index contributed by atoms with van der Waals surface area (Å²) in [6.07, 6.45) is 3.29. The summed E-state index contributed by atoms with van der Waals surface area (Å²) in [5.41, 5.74) is 0.755. The minimum atomic E-state index is -0.359. The fraction of sp³-hybridized carbons (Fsp3) is 0.393. The number of hydrogen-bond acceptors (Lipinski definition) is 9. The molecule has 1 fully saturated rings. The third-order valence-electron chi connectivity index (χ3n) is 6.68. The number of fused-ring (bicyclic) bond motifs is 1. The zero-order valence-corrected chi connectivity index (χ0v) is 24.9. The van der Waals surface area contributed by atoms with E-state index in [0.717, 1.165) is 0 Å². The predicted octanol–water partition coefficient (Wildman–Crippen LogP) is 3.73. The van der Waals surface area contributed by atoms with Crippen LogP contribution < -0.4 is 25.7 Å². The molecular formula is C28H31Cl2N7O4. The number of nitriles is 1. The maximum Gasteiger partial charge on any atom is 0.264 e. The van der Waals surface area contributed by atoms with Crippen molar-refractivity contribution in [1.29, 1.82) is 5.26 Å². The van der Waals surface area contributed by atoms with Crippen molar-refractivity contribution >= 4 is 46.1 Å². The Morgan fingerprint density at radius 1 is 1.22 bits per heavy atom. The van der Waals surface area contributed by atoms with Crippen molar-refractivity contribution in [2.45, 2.75) is 26.4 Å². The number of allylic oxidation sites excluding steroid dienone is 1. The highest BCUT2D eigenvalue weighted by Crippen LogP contribution is 2.45. The summed E-state index contributed by atoms with van der Waals surface area (Å²) in [4.78, 5) is 37.0. The summed E-state index contributed by atoms with van der Waals surface area (Å²) in [5.74, 6) is 0.811.